The quantitative estimate of drug-likeness (QED) is 0.313. The molecule has 14 heteroatoms. The van der Waals surface area contributed by atoms with Gasteiger partial charge < -0.3 is 60.0 Å². The number of aliphatic hydroxyl groups excluding tert-OH is 4. The van der Waals surface area contributed by atoms with Crippen molar-refractivity contribution in [3.05, 3.63) is 0 Å². The van der Waals surface area contributed by atoms with Gasteiger partial charge in [0.15, 0.2) is 0 Å². The summed E-state index contributed by atoms with van der Waals surface area (Å²) in [7, 11) is 0. The fraction of sp³-hybridized carbons (Fsp3) is 0.500. The third kappa shape index (κ3) is 140. The molecule has 0 aromatic rings. The Hall–Kier alpha value is -1.79. The number of carbonyl (C=O) groups is 4. The first kappa shape index (κ1) is 32.2. The van der Waals surface area contributed by atoms with Crippen molar-refractivity contribution in [1.82, 2.24) is 0 Å². The van der Waals surface area contributed by atoms with Crippen molar-refractivity contribution in [2.45, 2.75) is 0 Å². The van der Waals surface area contributed by atoms with E-state index < -0.39 is 50.3 Å². The molecule has 22 heavy (non-hydrogen) atoms. The van der Waals surface area contributed by atoms with Crippen LogP contribution in [-0.2, 0) is 42.4 Å². The van der Waals surface area contributed by atoms with Crippen molar-refractivity contribution < 1.29 is 83.2 Å². The summed E-state index contributed by atoms with van der Waals surface area (Å²) in [4.78, 5) is 36.0. The van der Waals surface area contributed by atoms with Crippen LogP contribution in [0.25, 0.3) is 0 Å². The molecule has 128 valence electrons. The first-order chi connectivity index (χ1) is 10.1. The summed E-state index contributed by atoms with van der Waals surface area (Å²) in [5.74, 6) is -5.76. The first-order valence-corrected chi connectivity index (χ1v) is 5.30. The van der Waals surface area contributed by atoms with Crippen LogP contribution in [0.1, 0.15) is 0 Å². The minimum atomic E-state index is -1.44. The zero-order valence-corrected chi connectivity index (χ0v) is 12.7. The third-order valence-corrected chi connectivity index (χ3v) is 0.516. The summed E-state index contributed by atoms with van der Waals surface area (Å²) in [6.45, 7) is -3.56. The predicted octanol–water partition coefficient (Wildman–Crippen LogP) is -9.21. The van der Waals surface area contributed by atoms with Gasteiger partial charge in [0.05, 0.1) is 50.3 Å². The van der Waals surface area contributed by atoms with Gasteiger partial charge in [-0.1, -0.05) is 0 Å². The normalized spacial score (nSPS) is 7.00. The molecule has 0 aromatic carbocycles. The van der Waals surface area contributed by atoms with Gasteiger partial charge in [-0.3, -0.25) is 0 Å². The number of carboxylic acids is 4. The number of carbonyl (C=O) groups excluding carboxylic acids is 4. The Bertz CT molecular complexity index is 236. The van der Waals surface area contributed by atoms with Gasteiger partial charge in [0.2, 0.25) is 0 Å². The van der Waals surface area contributed by atoms with Crippen LogP contribution in [0.15, 0.2) is 0 Å². The van der Waals surface area contributed by atoms with E-state index >= 15 is 0 Å². The Morgan fingerprint density at radius 3 is 0.591 bits per heavy atom. The van der Waals surface area contributed by atoms with Gasteiger partial charge in [0, 0.05) is 0 Å². The van der Waals surface area contributed by atoms with Gasteiger partial charge in [-0.2, -0.15) is 0 Å². The van der Waals surface area contributed by atoms with Gasteiger partial charge in [-0.15, -0.1) is 0 Å². The van der Waals surface area contributed by atoms with Crippen LogP contribution < -0.4 is 20.4 Å². The molecule has 0 bridgehead atoms. The van der Waals surface area contributed by atoms with Crippen LogP contribution in [0.3, 0.4) is 0 Å². The molecule has 0 heterocycles. The number of hydrogen-bond acceptors (Lipinski definition) is 13. The predicted molar refractivity (Wildman–Crippen MR) is 49.1 cm³/mol. The molecular weight excluding hydrogens is 400 g/mol. The van der Waals surface area contributed by atoms with Gasteiger partial charge in [0.25, 0.3) is 0 Å². The first-order valence-electron chi connectivity index (χ1n) is 4.48. The van der Waals surface area contributed by atoms with Crippen molar-refractivity contribution in [3.8, 4) is 0 Å². The molecule has 13 nitrogen and oxygen atoms in total. The average Bonchev–Trinajstić information content (AvgIpc) is 2.50. The van der Waals surface area contributed by atoms with Crippen LogP contribution in [0.2, 0.25) is 0 Å². The second kappa shape index (κ2) is 31.5. The Morgan fingerprint density at radius 1 is 0.545 bits per heavy atom. The molecule has 4 N–H and O–H groups in total. The number of aliphatic carboxylic acids is 4. The summed E-state index contributed by atoms with van der Waals surface area (Å²) >= 11 is 0.700. The maximum atomic E-state index is 9.01. The van der Waals surface area contributed by atoms with Crippen LogP contribution in [0, 0.1) is 0 Å². The Morgan fingerprint density at radius 2 is 0.591 bits per heavy atom. The van der Waals surface area contributed by atoms with Crippen molar-refractivity contribution in [2.24, 2.45) is 0 Å². The number of carboxylic acid groups (broad SMARTS) is 4. The van der Waals surface area contributed by atoms with E-state index in [1.165, 1.54) is 0 Å². The zero-order valence-electron chi connectivity index (χ0n) is 10.7. The molecule has 0 aromatic heterocycles. The molecule has 0 fully saturated rings. The summed E-state index contributed by atoms with van der Waals surface area (Å²) in [6, 6.07) is 0. The number of hydrogen-bond donors (Lipinski definition) is 4. The molecule has 0 saturated carbocycles. The molecule has 0 unspecified atom stereocenters. The van der Waals surface area contributed by atoms with E-state index in [1.54, 1.807) is 0 Å². The topological polar surface area (TPSA) is 259 Å². The molecule has 0 aliphatic rings. The monoisotopic (exact) mass is 414 g/mol. The van der Waals surface area contributed by atoms with E-state index in [-0.39, 0.29) is 0 Å². The van der Waals surface area contributed by atoms with Crippen molar-refractivity contribution in [1.29, 1.82) is 0 Å². The Labute approximate surface area is 134 Å². The summed E-state index contributed by atoms with van der Waals surface area (Å²) < 4.78 is 8.26. The fourth-order valence-electron chi connectivity index (χ4n) is 0. The van der Waals surface area contributed by atoms with Crippen molar-refractivity contribution in [2.75, 3.05) is 26.4 Å². The van der Waals surface area contributed by atoms with E-state index in [4.69, 9.17) is 63.4 Å². The van der Waals surface area contributed by atoms with Crippen molar-refractivity contribution in [3.63, 3.8) is 0 Å². The SMILES string of the molecule is O=C([O-])CO.O=C([O-])CO.O=C([O-])CO.O=C([O-])CO.[O]=[Mo+4]. The van der Waals surface area contributed by atoms with Crippen LogP contribution in [0.4, 0.5) is 0 Å². The maximum absolute atomic E-state index is 9.01. The van der Waals surface area contributed by atoms with E-state index in [2.05, 4.69) is 0 Å². The summed E-state index contributed by atoms with van der Waals surface area (Å²) in [5.41, 5.74) is 0. The molecule has 0 atom stereocenters. The van der Waals surface area contributed by atoms with E-state index in [1.807, 2.05) is 0 Å². The summed E-state index contributed by atoms with van der Waals surface area (Å²) in [5, 5.41) is 66.0. The zero-order chi connectivity index (χ0) is 19.1. The average molecular weight is 412 g/mol. The standard InChI is InChI=1S/4C2H4O3.Mo.O/c4*3-1-2(4)5;;/h4*3H,1H2,(H,4,5);;/q;;;;+4;/p-4. The molecule has 0 aliphatic carbocycles. The Balaban J connectivity index is -0.0000000562. The molecule has 0 spiro atoms. The van der Waals surface area contributed by atoms with Gasteiger partial charge in [-0.25, -0.2) is 0 Å². The van der Waals surface area contributed by atoms with Gasteiger partial charge in [-0.05, 0) is 0 Å². The van der Waals surface area contributed by atoms with Gasteiger partial charge in [0.1, 0.15) is 0 Å². The molecule has 0 rings (SSSR count). The molecule has 0 radical (unpaired) electrons. The molecule has 0 saturated heterocycles. The summed E-state index contributed by atoms with van der Waals surface area (Å²) in [6.07, 6.45) is 0. The molecule has 0 amide bonds. The van der Waals surface area contributed by atoms with Crippen LogP contribution in [-0.4, -0.2) is 70.7 Å². The van der Waals surface area contributed by atoms with Gasteiger partial charge >= 0.3 is 23.2 Å². The number of aliphatic hydroxyl groups is 4. The van der Waals surface area contributed by atoms with Crippen LogP contribution in [0.5, 0.6) is 0 Å². The Kier molecular flexibility index (Phi) is 46.2. The third-order valence-electron chi connectivity index (χ3n) is 0.516. The van der Waals surface area contributed by atoms with Crippen LogP contribution >= 0.6 is 0 Å². The molecular formula is C8H12MoO13. The van der Waals surface area contributed by atoms with E-state index in [0.717, 1.165) is 0 Å². The second-order valence-corrected chi connectivity index (χ2v) is 2.12. The van der Waals surface area contributed by atoms with Crippen molar-refractivity contribution >= 4 is 23.9 Å². The minimum absolute atomic E-state index is 0.700. The fourth-order valence-corrected chi connectivity index (χ4v) is 0. The second-order valence-electron chi connectivity index (χ2n) is 2.12. The number of rotatable bonds is 4. The van der Waals surface area contributed by atoms with E-state index in [9.17, 15) is 0 Å². The van der Waals surface area contributed by atoms with E-state index in [0.29, 0.717) is 19.8 Å². The molecule has 0 aliphatic heterocycles.